The van der Waals surface area contributed by atoms with E-state index >= 15 is 0 Å². The fourth-order valence-corrected chi connectivity index (χ4v) is 4.98. The van der Waals surface area contributed by atoms with Crippen LogP contribution in [0.25, 0.3) is 0 Å². The molecule has 2 aliphatic heterocycles. The Kier molecular flexibility index (Phi) is 7.60. The quantitative estimate of drug-likeness (QED) is 0.576. The second kappa shape index (κ2) is 10.6. The Morgan fingerprint density at radius 2 is 1.74 bits per heavy atom. The molecule has 0 radical (unpaired) electrons. The maximum absolute atomic E-state index is 12.6. The molecular formula is C24H31N3O6S. The smallest absolute Gasteiger partial charge is 0.260 e. The van der Waals surface area contributed by atoms with Crippen LogP contribution in [0, 0.1) is 5.92 Å². The Morgan fingerprint density at radius 3 is 2.44 bits per heavy atom. The highest BCUT2D eigenvalue weighted by atomic mass is 32.2. The number of carbonyl (C=O) groups excluding carboxylic acids is 1. The van der Waals surface area contributed by atoms with Gasteiger partial charge in [-0.1, -0.05) is 19.9 Å². The first-order valence-corrected chi connectivity index (χ1v) is 12.9. The SMILES string of the molecule is CC(C)CNS(=O)(=O)c1ccc(OCC(=O)N2CCN(Cc3ccc4c(c3)OCO4)CC2)cc1. The van der Waals surface area contributed by atoms with Crippen LogP contribution in [0.4, 0.5) is 0 Å². The molecular weight excluding hydrogens is 458 g/mol. The van der Waals surface area contributed by atoms with Crippen molar-refractivity contribution >= 4 is 15.9 Å². The highest BCUT2D eigenvalue weighted by Gasteiger charge is 2.22. The molecule has 2 aromatic carbocycles. The zero-order valence-corrected chi connectivity index (χ0v) is 20.3. The Labute approximate surface area is 200 Å². The molecule has 4 rings (SSSR count). The van der Waals surface area contributed by atoms with E-state index in [9.17, 15) is 13.2 Å². The number of nitrogens with zero attached hydrogens (tertiary/aromatic N) is 2. The third-order valence-electron chi connectivity index (χ3n) is 5.75. The Morgan fingerprint density at radius 1 is 1.03 bits per heavy atom. The molecule has 0 atom stereocenters. The van der Waals surface area contributed by atoms with E-state index in [0.717, 1.165) is 36.7 Å². The van der Waals surface area contributed by atoms with Crippen LogP contribution in [-0.2, 0) is 21.4 Å². The largest absolute Gasteiger partial charge is 0.484 e. The zero-order valence-electron chi connectivity index (χ0n) is 19.5. The number of carbonyl (C=O) groups is 1. The lowest BCUT2D eigenvalue weighted by Gasteiger charge is -2.34. The third-order valence-corrected chi connectivity index (χ3v) is 7.19. The van der Waals surface area contributed by atoms with Gasteiger partial charge in [-0.25, -0.2) is 13.1 Å². The van der Waals surface area contributed by atoms with Gasteiger partial charge >= 0.3 is 0 Å². The molecule has 10 heteroatoms. The Bertz CT molecular complexity index is 1100. The zero-order chi connectivity index (χ0) is 24.1. The van der Waals surface area contributed by atoms with Crippen LogP contribution < -0.4 is 18.9 Å². The Balaban J connectivity index is 1.21. The van der Waals surface area contributed by atoms with E-state index in [4.69, 9.17) is 14.2 Å². The minimum Gasteiger partial charge on any atom is -0.484 e. The van der Waals surface area contributed by atoms with Gasteiger partial charge in [0.25, 0.3) is 5.91 Å². The van der Waals surface area contributed by atoms with Crippen molar-refractivity contribution in [1.29, 1.82) is 0 Å². The monoisotopic (exact) mass is 489 g/mol. The highest BCUT2D eigenvalue weighted by molar-refractivity contribution is 7.89. The lowest BCUT2D eigenvalue weighted by Crippen LogP contribution is -2.49. The van der Waals surface area contributed by atoms with E-state index < -0.39 is 10.0 Å². The molecule has 0 aromatic heterocycles. The summed E-state index contributed by atoms with van der Waals surface area (Å²) >= 11 is 0. The second-order valence-electron chi connectivity index (χ2n) is 8.85. The summed E-state index contributed by atoms with van der Waals surface area (Å²) in [6, 6.07) is 12.1. The summed E-state index contributed by atoms with van der Waals surface area (Å²) in [5, 5.41) is 0. The summed E-state index contributed by atoms with van der Waals surface area (Å²) in [5.41, 5.74) is 1.15. The summed E-state index contributed by atoms with van der Waals surface area (Å²) < 4.78 is 43.5. The van der Waals surface area contributed by atoms with Gasteiger partial charge in [0.05, 0.1) is 4.90 Å². The van der Waals surface area contributed by atoms with Crippen LogP contribution in [-0.4, -0.2) is 70.2 Å². The fourth-order valence-electron chi connectivity index (χ4n) is 3.76. The summed E-state index contributed by atoms with van der Waals surface area (Å²) in [6.45, 7) is 8.03. The van der Waals surface area contributed by atoms with Crippen LogP contribution in [0.5, 0.6) is 17.2 Å². The number of fused-ring (bicyclic) bond motifs is 1. The molecule has 0 unspecified atom stereocenters. The first kappa shape index (κ1) is 24.3. The van der Waals surface area contributed by atoms with Gasteiger partial charge < -0.3 is 19.1 Å². The number of ether oxygens (including phenoxy) is 3. The summed E-state index contributed by atoms with van der Waals surface area (Å²) in [5.74, 6) is 2.14. The molecule has 2 aliphatic rings. The predicted molar refractivity (Wildman–Crippen MR) is 126 cm³/mol. The lowest BCUT2D eigenvalue weighted by atomic mass is 10.1. The molecule has 0 aliphatic carbocycles. The van der Waals surface area contributed by atoms with Crippen molar-refractivity contribution in [2.24, 2.45) is 5.92 Å². The van der Waals surface area contributed by atoms with E-state index in [2.05, 4.69) is 9.62 Å². The van der Waals surface area contributed by atoms with Crippen molar-refractivity contribution in [2.45, 2.75) is 25.3 Å². The molecule has 0 saturated carbocycles. The van der Waals surface area contributed by atoms with Crippen LogP contribution in [0.3, 0.4) is 0 Å². The van der Waals surface area contributed by atoms with Gasteiger partial charge in [-0.2, -0.15) is 0 Å². The van der Waals surface area contributed by atoms with E-state index in [0.29, 0.717) is 25.4 Å². The normalized spacial score (nSPS) is 16.1. The number of hydrogen-bond acceptors (Lipinski definition) is 7. The average molecular weight is 490 g/mol. The molecule has 34 heavy (non-hydrogen) atoms. The predicted octanol–water partition coefficient (Wildman–Crippen LogP) is 2.07. The first-order valence-electron chi connectivity index (χ1n) is 11.4. The standard InChI is InChI=1S/C24H31N3O6S/c1-18(2)14-25-34(29,30)21-6-4-20(5-7-21)31-16-24(28)27-11-9-26(10-12-27)15-19-3-8-22-23(13-19)33-17-32-22/h3-8,13,18,25H,9-12,14-17H2,1-2H3. The van der Waals surface area contributed by atoms with Crippen LogP contribution in [0.15, 0.2) is 47.4 Å². The van der Waals surface area contributed by atoms with Crippen molar-refractivity contribution in [3.8, 4) is 17.2 Å². The van der Waals surface area contributed by atoms with Gasteiger partial charge in [0, 0.05) is 39.3 Å². The van der Waals surface area contributed by atoms with Gasteiger partial charge in [-0.3, -0.25) is 9.69 Å². The molecule has 184 valence electrons. The highest BCUT2D eigenvalue weighted by Crippen LogP contribution is 2.32. The van der Waals surface area contributed by atoms with Crippen LogP contribution >= 0.6 is 0 Å². The average Bonchev–Trinajstić information content (AvgIpc) is 3.30. The molecule has 1 saturated heterocycles. The summed E-state index contributed by atoms with van der Waals surface area (Å²) in [6.07, 6.45) is 0. The number of amides is 1. The molecule has 9 nitrogen and oxygen atoms in total. The minimum atomic E-state index is -3.55. The van der Waals surface area contributed by atoms with E-state index in [1.807, 2.05) is 32.0 Å². The maximum Gasteiger partial charge on any atom is 0.260 e. The van der Waals surface area contributed by atoms with Crippen molar-refractivity contribution in [3.63, 3.8) is 0 Å². The van der Waals surface area contributed by atoms with Gasteiger partial charge in [0.1, 0.15) is 5.75 Å². The molecule has 0 spiro atoms. The number of nitrogens with one attached hydrogen (secondary N) is 1. The molecule has 2 aromatic rings. The van der Waals surface area contributed by atoms with Crippen molar-refractivity contribution in [1.82, 2.24) is 14.5 Å². The molecule has 1 N–H and O–H groups in total. The molecule has 1 fully saturated rings. The number of hydrogen-bond donors (Lipinski definition) is 1. The molecule has 2 heterocycles. The summed E-state index contributed by atoms with van der Waals surface area (Å²) in [7, 11) is -3.55. The number of rotatable bonds is 9. The van der Waals surface area contributed by atoms with Crippen LogP contribution in [0.2, 0.25) is 0 Å². The van der Waals surface area contributed by atoms with Crippen LogP contribution in [0.1, 0.15) is 19.4 Å². The second-order valence-corrected chi connectivity index (χ2v) is 10.6. The molecule has 0 bridgehead atoms. The molecule has 1 amide bonds. The van der Waals surface area contributed by atoms with E-state index in [-0.39, 0.29) is 30.1 Å². The third kappa shape index (κ3) is 6.19. The number of benzene rings is 2. The lowest BCUT2D eigenvalue weighted by molar-refractivity contribution is -0.135. The number of piperazine rings is 1. The van der Waals surface area contributed by atoms with Crippen molar-refractivity contribution < 1.29 is 27.4 Å². The maximum atomic E-state index is 12.6. The van der Waals surface area contributed by atoms with Gasteiger partial charge in [0.15, 0.2) is 18.1 Å². The van der Waals surface area contributed by atoms with Crippen molar-refractivity contribution in [3.05, 3.63) is 48.0 Å². The topological polar surface area (TPSA) is 97.4 Å². The van der Waals surface area contributed by atoms with Gasteiger partial charge in [-0.15, -0.1) is 0 Å². The van der Waals surface area contributed by atoms with Crippen molar-refractivity contribution in [2.75, 3.05) is 46.1 Å². The Hall–Kier alpha value is -2.82. The minimum absolute atomic E-state index is 0.0835. The van der Waals surface area contributed by atoms with Gasteiger partial charge in [-0.05, 0) is 47.9 Å². The number of sulfonamides is 1. The van der Waals surface area contributed by atoms with E-state index in [1.54, 1.807) is 17.0 Å². The van der Waals surface area contributed by atoms with E-state index in [1.165, 1.54) is 12.1 Å². The first-order chi connectivity index (χ1) is 16.3. The fraction of sp³-hybridized carbons (Fsp3) is 0.458. The summed E-state index contributed by atoms with van der Waals surface area (Å²) in [4.78, 5) is 16.9. The van der Waals surface area contributed by atoms with Gasteiger partial charge in [0.2, 0.25) is 16.8 Å².